The Bertz CT molecular complexity index is 419. The Morgan fingerprint density at radius 3 is 2.89 bits per heavy atom. The van der Waals surface area contributed by atoms with Crippen molar-refractivity contribution in [3.8, 4) is 0 Å². The van der Waals surface area contributed by atoms with Crippen LogP contribution in [-0.2, 0) is 0 Å². The Labute approximate surface area is 108 Å². The molecule has 0 radical (unpaired) electrons. The number of amides is 1. The summed E-state index contributed by atoms with van der Waals surface area (Å²) >= 11 is 0. The van der Waals surface area contributed by atoms with E-state index in [2.05, 4.69) is 22.5 Å². The maximum Gasteiger partial charge on any atom is 0.270 e. The minimum atomic E-state index is -0.0640. The minimum absolute atomic E-state index is 0.0640. The van der Waals surface area contributed by atoms with E-state index in [0.717, 1.165) is 12.1 Å². The van der Waals surface area contributed by atoms with Gasteiger partial charge in [0.05, 0.1) is 0 Å². The highest BCUT2D eigenvalue weighted by Crippen LogP contribution is 2.24. The number of anilines is 1. The Morgan fingerprint density at radius 1 is 1.39 bits per heavy atom. The van der Waals surface area contributed by atoms with Crippen LogP contribution in [0.25, 0.3) is 0 Å². The van der Waals surface area contributed by atoms with E-state index in [-0.39, 0.29) is 5.91 Å². The van der Waals surface area contributed by atoms with Crippen LogP contribution >= 0.6 is 0 Å². The van der Waals surface area contributed by atoms with Gasteiger partial charge in [-0.05, 0) is 30.9 Å². The molecule has 1 fully saturated rings. The average molecular weight is 247 g/mol. The molecule has 1 saturated carbocycles. The number of rotatable bonds is 3. The smallest absolute Gasteiger partial charge is 0.270 e. The molecule has 1 heterocycles. The summed E-state index contributed by atoms with van der Waals surface area (Å²) in [6, 6.07) is 3.93. The van der Waals surface area contributed by atoms with Crippen molar-refractivity contribution in [2.75, 3.05) is 12.4 Å². The molecule has 0 saturated heterocycles. The van der Waals surface area contributed by atoms with Crippen LogP contribution in [0.15, 0.2) is 18.3 Å². The molecule has 18 heavy (non-hydrogen) atoms. The number of aromatic nitrogens is 1. The van der Waals surface area contributed by atoms with E-state index < -0.39 is 0 Å². The summed E-state index contributed by atoms with van der Waals surface area (Å²) in [5.74, 6) is 0.501. The molecule has 1 aliphatic carbocycles. The van der Waals surface area contributed by atoms with Crippen LogP contribution in [0, 0.1) is 5.92 Å². The van der Waals surface area contributed by atoms with Gasteiger partial charge in [0.15, 0.2) is 0 Å². The highest BCUT2D eigenvalue weighted by molar-refractivity contribution is 5.93. The molecular weight excluding hydrogens is 226 g/mol. The van der Waals surface area contributed by atoms with Gasteiger partial charge < -0.3 is 10.6 Å². The molecule has 2 N–H and O–H groups in total. The zero-order valence-corrected chi connectivity index (χ0v) is 11.1. The molecule has 1 aliphatic rings. The lowest BCUT2D eigenvalue weighted by Gasteiger charge is -2.29. The fourth-order valence-corrected chi connectivity index (χ4v) is 2.48. The van der Waals surface area contributed by atoms with Crippen molar-refractivity contribution in [2.45, 2.75) is 38.6 Å². The van der Waals surface area contributed by atoms with E-state index in [1.165, 1.54) is 19.3 Å². The van der Waals surface area contributed by atoms with Gasteiger partial charge in [0, 0.05) is 25.0 Å². The molecule has 0 aliphatic heterocycles. The van der Waals surface area contributed by atoms with Gasteiger partial charge in [-0.15, -0.1) is 0 Å². The monoisotopic (exact) mass is 247 g/mol. The van der Waals surface area contributed by atoms with Crippen molar-refractivity contribution < 1.29 is 4.79 Å². The van der Waals surface area contributed by atoms with Crippen LogP contribution in [0.3, 0.4) is 0 Å². The van der Waals surface area contributed by atoms with Crippen LogP contribution in [0.1, 0.15) is 43.1 Å². The summed E-state index contributed by atoms with van der Waals surface area (Å²) in [4.78, 5) is 16.3. The predicted octanol–water partition coefficient (Wildman–Crippen LogP) is 2.43. The molecule has 0 aromatic carbocycles. The highest BCUT2D eigenvalue weighted by Gasteiger charge is 2.23. The molecule has 0 spiro atoms. The topological polar surface area (TPSA) is 54.0 Å². The molecule has 1 amide bonds. The van der Waals surface area contributed by atoms with Gasteiger partial charge in [-0.1, -0.05) is 19.8 Å². The number of carbonyl (C=O) groups excluding carboxylic acids is 1. The quantitative estimate of drug-likeness (QED) is 0.862. The number of carbonyl (C=O) groups is 1. The first kappa shape index (κ1) is 12.9. The van der Waals surface area contributed by atoms with Crippen molar-refractivity contribution in [1.82, 2.24) is 10.3 Å². The number of nitrogens with zero attached hydrogens (tertiary/aromatic N) is 1. The zero-order chi connectivity index (χ0) is 13.0. The lowest BCUT2D eigenvalue weighted by molar-refractivity contribution is 0.0905. The van der Waals surface area contributed by atoms with Crippen molar-refractivity contribution in [3.63, 3.8) is 0 Å². The molecule has 4 heteroatoms. The normalized spacial score (nSPS) is 23.4. The third kappa shape index (κ3) is 3.00. The molecule has 98 valence electrons. The molecule has 4 nitrogen and oxygen atoms in total. The van der Waals surface area contributed by atoms with Gasteiger partial charge >= 0.3 is 0 Å². The van der Waals surface area contributed by atoms with E-state index in [1.54, 1.807) is 12.3 Å². The first-order valence-corrected chi connectivity index (χ1v) is 6.65. The number of nitrogens with one attached hydrogen (secondary N) is 2. The average Bonchev–Trinajstić information content (AvgIpc) is 2.41. The van der Waals surface area contributed by atoms with Gasteiger partial charge in [-0.2, -0.15) is 0 Å². The molecule has 2 atom stereocenters. The van der Waals surface area contributed by atoms with Crippen molar-refractivity contribution in [2.24, 2.45) is 5.92 Å². The maximum absolute atomic E-state index is 12.1. The van der Waals surface area contributed by atoms with E-state index >= 15 is 0 Å². The fourth-order valence-electron chi connectivity index (χ4n) is 2.48. The summed E-state index contributed by atoms with van der Waals surface area (Å²) in [7, 11) is 1.83. The maximum atomic E-state index is 12.1. The summed E-state index contributed by atoms with van der Waals surface area (Å²) < 4.78 is 0. The van der Waals surface area contributed by atoms with E-state index in [0.29, 0.717) is 17.7 Å². The van der Waals surface area contributed by atoms with Crippen molar-refractivity contribution in [3.05, 3.63) is 24.0 Å². The largest absolute Gasteiger partial charge is 0.388 e. The highest BCUT2D eigenvalue weighted by atomic mass is 16.1. The number of hydrogen-bond acceptors (Lipinski definition) is 3. The van der Waals surface area contributed by atoms with E-state index in [9.17, 15) is 4.79 Å². The molecule has 2 unspecified atom stereocenters. The lowest BCUT2D eigenvalue weighted by Crippen LogP contribution is -2.41. The second-order valence-corrected chi connectivity index (χ2v) is 5.02. The molecule has 1 aromatic heterocycles. The first-order valence-electron chi connectivity index (χ1n) is 6.65. The Hall–Kier alpha value is -1.58. The Balaban J connectivity index is 2.02. The standard InChI is InChI=1S/C14H21N3O/c1-10-5-3-4-6-12(10)17-14(18)13-9-11(15-2)7-8-16-13/h7-10,12H,3-6H2,1-2H3,(H,15,16)(H,17,18). The predicted molar refractivity (Wildman–Crippen MR) is 72.7 cm³/mol. The Kier molecular flexibility index (Phi) is 4.18. The van der Waals surface area contributed by atoms with Crippen molar-refractivity contribution in [1.29, 1.82) is 0 Å². The van der Waals surface area contributed by atoms with Gasteiger partial charge in [-0.3, -0.25) is 9.78 Å². The van der Waals surface area contributed by atoms with Crippen LogP contribution in [0.2, 0.25) is 0 Å². The second kappa shape index (κ2) is 5.85. The lowest BCUT2D eigenvalue weighted by atomic mass is 9.86. The van der Waals surface area contributed by atoms with Gasteiger partial charge in [0.2, 0.25) is 0 Å². The van der Waals surface area contributed by atoms with Crippen LogP contribution in [0.4, 0.5) is 5.69 Å². The molecule has 2 rings (SSSR count). The van der Waals surface area contributed by atoms with Crippen LogP contribution in [0.5, 0.6) is 0 Å². The third-order valence-corrected chi connectivity index (χ3v) is 3.71. The zero-order valence-electron chi connectivity index (χ0n) is 11.1. The van der Waals surface area contributed by atoms with Crippen LogP contribution < -0.4 is 10.6 Å². The minimum Gasteiger partial charge on any atom is -0.388 e. The Morgan fingerprint density at radius 2 is 2.17 bits per heavy atom. The first-order chi connectivity index (χ1) is 8.70. The summed E-state index contributed by atoms with van der Waals surface area (Å²) in [6.45, 7) is 2.21. The molecule has 0 bridgehead atoms. The fraction of sp³-hybridized carbons (Fsp3) is 0.571. The van der Waals surface area contributed by atoms with Crippen molar-refractivity contribution >= 4 is 11.6 Å². The van der Waals surface area contributed by atoms with Gasteiger partial charge in [0.25, 0.3) is 5.91 Å². The third-order valence-electron chi connectivity index (χ3n) is 3.71. The second-order valence-electron chi connectivity index (χ2n) is 5.02. The van der Waals surface area contributed by atoms with E-state index in [1.807, 2.05) is 13.1 Å². The summed E-state index contributed by atoms with van der Waals surface area (Å²) in [6.07, 6.45) is 6.43. The summed E-state index contributed by atoms with van der Waals surface area (Å²) in [5, 5.41) is 6.12. The van der Waals surface area contributed by atoms with E-state index in [4.69, 9.17) is 0 Å². The number of hydrogen-bond donors (Lipinski definition) is 2. The number of pyridine rings is 1. The molecular formula is C14H21N3O. The summed E-state index contributed by atoms with van der Waals surface area (Å²) in [5.41, 5.74) is 1.39. The van der Waals surface area contributed by atoms with Gasteiger partial charge in [0.1, 0.15) is 5.69 Å². The van der Waals surface area contributed by atoms with Gasteiger partial charge in [-0.25, -0.2) is 0 Å². The molecule has 1 aromatic rings. The SMILES string of the molecule is CNc1ccnc(C(=O)NC2CCCCC2C)c1. The van der Waals surface area contributed by atoms with Crippen LogP contribution in [-0.4, -0.2) is 24.0 Å².